The number of aryl methyl sites for hydroxylation is 2. The van der Waals surface area contributed by atoms with Gasteiger partial charge in [-0.15, -0.1) is 11.3 Å². The lowest BCUT2D eigenvalue weighted by Gasteiger charge is -2.11. The topological polar surface area (TPSA) is 51.2 Å². The van der Waals surface area contributed by atoms with Gasteiger partial charge in [0, 0.05) is 16.6 Å². The molecular formula is C20H20N2O2S. The number of ether oxygens (including phenoxy) is 1. The molecule has 1 heterocycles. The van der Waals surface area contributed by atoms with E-state index in [4.69, 9.17) is 4.74 Å². The van der Waals surface area contributed by atoms with E-state index in [9.17, 15) is 4.79 Å². The Labute approximate surface area is 151 Å². The first-order valence-electron chi connectivity index (χ1n) is 8.04. The monoisotopic (exact) mass is 352 g/mol. The summed E-state index contributed by atoms with van der Waals surface area (Å²) in [6.45, 7) is 5.98. The Morgan fingerprint density at radius 1 is 1.12 bits per heavy atom. The van der Waals surface area contributed by atoms with E-state index in [1.165, 1.54) is 0 Å². The van der Waals surface area contributed by atoms with Crippen molar-refractivity contribution in [2.75, 3.05) is 11.9 Å². The Kier molecular flexibility index (Phi) is 5.14. The Morgan fingerprint density at radius 3 is 2.56 bits per heavy atom. The van der Waals surface area contributed by atoms with Crippen molar-refractivity contribution in [3.63, 3.8) is 0 Å². The third kappa shape index (κ3) is 4.25. The Hall–Kier alpha value is -2.66. The van der Waals surface area contributed by atoms with Crippen molar-refractivity contribution in [3.8, 4) is 17.0 Å². The van der Waals surface area contributed by atoms with Crippen LogP contribution in [0.1, 0.15) is 16.1 Å². The Morgan fingerprint density at radius 2 is 1.88 bits per heavy atom. The molecule has 0 aliphatic carbocycles. The van der Waals surface area contributed by atoms with Crippen molar-refractivity contribution in [2.45, 2.75) is 20.8 Å². The number of anilines is 1. The Balaban J connectivity index is 1.58. The molecule has 4 nitrogen and oxygen atoms in total. The summed E-state index contributed by atoms with van der Waals surface area (Å²) < 4.78 is 5.63. The van der Waals surface area contributed by atoms with E-state index in [1.54, 1.807) is 11.3 Å². The molecule has 3 rings (SSSR count). The predicted molar refractivity (Wildman–Crippen MR) is 102 cm³/mol. The van der Waals surface area contributed by atoms with Crippen molar-refractivity contribution >= 4 is 22.9 Å². The maximum atomic E-state index is 12.1. The SMILES string of the molecule is Cc1nc(-c2ccc(NC(=O)COc3cccc(C)c3C)cc2)cs1. The standard InChI is InChI=1S/C20H20N2O2S/c1-13-5-4-6-19(14(13)2)24-11-20(23)22-17-9-7-16(8-10-17)18-12-25-15(3)21-18/h4-10,12H,11H2,1-3H3,(H,22,23). The zero-order valence-corrected chi connectivity index (χ0v) is 15.3. The van der Waals surface area contributed by atoms with Gasteiger partial charge in [-0.05, 0) is 50.1 Å². The largest absolute Gasteiger partial charge is 0.483 e. The van der Waals surface area contributed by atoms with E-state index in [1.807, 2.05) is 68.6 Å². The lowest BCUT2D eigenvalue weighted by atomic mass is 10.1. The molecule has 1 amide bonds. The molecule has 0 aliphatic heterocycles. The minimum absolute atomic E-state index is 0.0165. The second kappa shape index (κ2) is 7.49. The van der Waals surface area contributed by atoms with Crippen LogP contribution in [-0.2, 0) is 4.79 Å². The van der Waals surface area contributed by atoms with Gasteiger partial charge < -0.3 is 10.1 Å². The molecule has 1 aromatic heterocycles. The van der Waals surface area contributed by atoms with Gasteiger partial charge in [-0.3, -0.25) is 4.79 Å². The minimum atomic E-state index is -0.182. The van der Waals surface area contributed by atoms with Crippen molar-refractivity contribution in [1.29, 1.82) is 0 Å². The number of nitrogens with one attached hydrogen (secondary N) is 1. The number of aromatic nitrogens is 1. The second-order valence-corrected chi connectivity index (χ2v) is 6.93. The number of rotatable bonds is 5. The first-order chi connectivity index (χ1) is 12.0. The summed E-state index contributed by atoms with van der Waals surface area (Å²) in [6, 6.07) is 13.5. The number of carbonyl (C=O) groups excluding carboxylic acids is 1. The molecule has 5 heteroatoms. The summed E-state index contributed by atoms with van der Waals surface area (Å²) >= 11 is 1.62. The first-order valence-corrected chi connectivity index (χ1v) is 8.92. The fourth-order valence-corrected chi connectivity index (χ4v) is 3.06. The van der Waals surface area contributed by atoms with E-state index < -0.39 is 0 Å². The van der Waals surface area contributed by atoms with E-state index in [2.05, 4.69) is 10.3 Å². The molecule has 3 aromatic rings. The van der Waals surface area contributed by atoms with Gasteiger partial charge in [-0.25, -0.2) is 4.98 Å². The van der Waals surface area contributed by atoms with Gasteiger partial charge in [-0.2, -0.15) is 0 Å². The van der Waals surface area contributed by atoms with Gasteiger partial charge in [0.05, 0.1) is 10.7 Å². The molecule has 0 spiro atoms. The molecule has 0 unspecified atom stereocenters. The summed E-state index contributed by atoms with van der Waals surface area (Å²) in [6.07, 6.45) is 0. The second-order valence-electron chi connectivity index (χ2n) is 5.86. The van der Waals surface area contributed by atoms with Crippen molar-refractivity contribution in [3.05, 3.63) is 64.0 Å². The van der Waals surface area contributed by atoms with E-state index in [0.717, 1.165) is 38.8 Å². The van der Waals surface area contributed by atoms with Crippen LogP contribution in [0, 0.1) is 20.8 Å². The zero-order chi connectivity index (χ0) is 17.8. The molecule has 0 saturated carbocycles. The molecule has 0 aliphatic rings. The highest BCUT2D eigenvalue weighted by Crippen LogP contribution is 2.23. The van der Waals surface area contributed by atoms with Crippen LogP contribution >= 0.6 is 11.3 Å². The molecule has 2 aromatic carbocycles. The summed E-state index contributed by atoms with van der Waals surface area (Å²) in [5, 5.41) is 5.92. The van der Waals surface area contributed by atoms with Gasteiger partial charge >= 0.3 is 0 Å². The molecule has 0 radical (unpaired) electrons. The van der Waals surface area contributed by atoms with E-state index in [-0.39, 0.29) is 12.5 Å². The van der Waals surface area contributed by atoms with Crippen LogP contribution in [0.2, 0.25) is 0 Å². The van der Waals surface area contributed by atoms with Crippen LogP contribution in [0.4, 0.5) is 5.69 Å². The van der Waals surface area contributed by atoms with Crippen LogP contribution in [0.15, 0.2) is 47.8 Å². The third-order valence-corrected chi connectivity index (χ3v) is 4.77. The van der Waals surface area contributed by atoms with Crippen LogP contribution < -0.4 is 10.1 Å². The van der Waals surface area contributed by atoms with Gasteiger partial charge in [0.25, 0.3) is 5.91 Å². The average Bonchev–Trinajstić information content (AvgIpc) is 3.03. The number of hydrogen-bond acceptors (Lipinski definition) is 4. The Bertz CT molecular complexity index is 885. The van der Waals surface area contributed by atoms with Gasteiger partial charge in [0.1, 0.15) is 5.75 Å². The summed E-state index contributed by atoms with van der Waals surface area (Å²) in [5.74, 6) is 0.558. The highest BCUT2D eigenvalue weighted by atomic mass is 32.1. The lowest BCUT2D eigenvalue weighted by molar-refractivity contribution is -0.118. The minimum Gasteiger partial charge on any atom is -0.483 e. The highest BCUT2D eigenvalue weighted by Gasteiger charge is 2.07. The van der Waals surface area contributed by atoms with Crippen molar-refractivity contribution in [1.82, 2.24) is 4.98 Å². The molecule has 0 bridgehead atoms. The van der Waals surface area contributed by atoms with E-state index >= 15 is 0 Å². The number of carbonyl (C=O) groups is 1. The molecule has 0 atom stereocenters. The maximum Gasteiger partial charge on any atom is 0.262 e. The normalized spacial score (nSPS) is 10.5. The fraction of sp³-hybridized carbons (Fsp3) is 0.200. The fourth-order valence-electron chi connectivity index (χ4n) is 2.44. The number of thiazole rings is 1. The quantitative estimate of drug-likeness (QED) is 0.721. The third-order valence-electron chi connectivity index (χ3n) is 4.00. The van der Waals surface area contributed by atoms with Crippen molar-refractivity contribution in [2.24, 2.45) is 0 Å². The van der Waals surface area contributed by atoms with Gasteiger partial charge in [0.2, 0.25) is 0 Å². The predicted octanol–water partition coefficient (Wildman–Crippen LogP) is 4.75. The van der Waals surface area contributed by atoms with Crippen LogP contribution in [0.3, 0.4) is 0 Å². The molecule has 0 fully saturated rings. The lowest BCUT2D eigenvalue weighted by Crippen LogP contribution is -2.20. The average molecular weight is 352 g/mol. The van der Waals surface area contributed by atoms with Gasteiger partial charge in [-0.1, -0.05) is 24.3 Å². The molecule has 0 saturated heterocycles. The molecule has 1 N–H and O–H groups in total. The summed E-state index contributed by atoms with van der Waals surface area (Å²) in [5.41, 5.74) is 4.93. The van der Waals surface area contributed by atoms with Crippen molar-refractivity contribution < 1.29 is 9.53 Å². The maximum absolute atomic E-state index is 12.1. The number of nitrogens with zero attached hydrogens (tertiary/aromatic N) is 1. The number of benzene rings is 2. The highest BCUT2D eigenvalue weighted by molar-refractivity contribution is 7.09. The first kappa shape index (κ1) is 17.2. The summed E-state index contributed by atoms with van der Waals surface area (Å²) in [7, 11) is 0. The van der Waals surface area contributed by atoms with Gasteiger partial charge in [0.15, 0.2) is 6.61 Å². The number of amides is 1. The smallest absolute Gasteiger partial charge is 0.262 e. The zero-order valence-electron chi connectivity index (χ0n) is 14.5. The van der Waals surface area contributed by atoms with Crippen LogP contribution in [-0.4, -0.2) is 17.5 Å². The molecular weight excluding hydrogens is 332 g/mol. The van der Waals surface area contributed by atoms with Crippen LogP contribution in [0.25, 0.3) is 11.3 Å². The number of hydrogen-bond donors (Lipinski definition) is 1. The molecule has 25 heavy (non-hydrogen) atoms. The van der Waals surface area contributed by atoms with E-state index in [0.29, 0.717) is 0 Å². The molecule has 128 valence electrons. The summed E-state index contributed by atoms with van der Waals surface area (Å²) in [4.78, 5) is 16.6. The van der Waals surface area contributed by atoms with Crippen LogP contribution in [0.5, 0.6) is 5.75 Å².